The smallest absolute Gasteiger partial charge is 0.397 e. The number of rotatable bonds is 3. The number of thiazole rings is 1. The van der Waals surface area contributed by atoms with Gasteiger partial charge in [0.15, 0.2) is 5.13 Å². The van der Waals surface area contributed by atoms with Gasteiger partial charge in [-0.3, -0.25) is 10.1 Å². The molecule has 0 aliphatic rings. The molecule has 0 aliphatic heterocycles. The first-order valence-electron chi connectivity index (χ1n) is 7.91. The number of hydrogen-bond donors (Lipinski definition) is 2. The largest absolute Gasteiger partial charge is 0.417 e. The third-order valence-electron chi connectivity index (χ3n) is 3.93. The molecule has 0 atom stereocenters. The van der Waals surface area contributed by atoms with Crippen molar-refractivity contribution in [1.82, 2.24) is 9.97 Å². The van der Waals surface area contributed by atoms with Crippen LogP contribution in [0, 0.1) is 0 Å². The molecule has 0 unspecified atom stereocenters. The Bertz CT molecular complexity index is 1160. The van der Waals surface area contributed by atoms with Crippen molar-refractivity contribution in [3.63, 3.8) is 0 Å². The van der Waals surface area contributed by atoms with Crippen molar-refractivity contribution in [3.05, 3.63) is 58.4 Å². The number of nitrogens with two attached hydrogens (primary N) is 1. The number of fused-ring (bicyclic) bond motifs is 1. The minimum absolute atomic E-state index is 0.0339. The highest BCUT2D eigenvalue weighted by Crippen LogP contribution is 2.43. The number of carbonyl (C=O) groups excluding carboxylic acids is 1. The van der Waals surface area contributed by atoms with Crippen molar-refractivity contribution in [2.24, 2.45) is 0 Å². The molecule has 1 amide bonds. The van der Waals surface area contributed by atoms with E-state index in [1.165, 1.54) is 17.5 Å². The second kappa shape index (κ2) is 6.88. The van der Waals surface area contributed by atoms with Crippen molar-refractivity contribution in [3.8, 4) is 11.3 Å². The van der Waals surface area contributed by atoms with Gasteiger partial charge < -0.3 is 5.73 Å². The van der Waals surface area contributed by atoms with Gasteiger partial charge in [0.05, 0.1) is 16.9 Å². The maximum Gasteiger partial charge on any atom is 0.417 e. The normalized spacial score (nSPS) is 11.7. The van der Waals surface area contributed by atoms with Crippen LogP contribution in [0.15, 0.2) is 48.0 Å². The lowest BCUT2D eigenvalue weighted by atomic mass is 10.1. The van der Waals surface area contributed by atoms with Gasteiger partial charge in [0.1, 0.15) is 9.71 Å². The third kappa shape index (κ3) is 3.32. The summed E-state index contributed by atoms with van der Waals surface area (Å²) in [6, 6.07) is 9.48. The Morgan fingerprint density at radius 2 is 1.93 bits per heavy atom. The van der Waals surface area contributed by atoms with Gasteiger partial charge in [-0.15, -0.1) is 22.7 Å². The Kier molecular flexibility index (Phi) is 4.52. The number of nitrogen functional groups attached to an aromatic ring is 1. The zero-order valence-corrected chi connectivity index (χ0v) is 15.6. The molecule has 3 aromatic heterocycles. The van der Waals surface area contributed by atoms with E-state index < -0.39 is 17.6 Å². The van der Waals surface area contributed by atoms with Crippen LogP contribution >= 0.6 is 22.7 Å². The first-order valence-corrected chi connectivity index (χ1v) is 9.60. The van der Waals surface area contributed by atoms with Gasteiger partial charge in [-0.05, 0) is 6.07 Å². The average molecular weight is 420 g/mol. The molecule has 0 saturated carbocycles. The Hall–Kier alpha value is -2.98. The van der Waals surface area contributed by atoms with Gasteiger partial charge in [0.25, 0.3) is 5.91 Å². The van der Waals surface area contributed by atoms with Gasteiger partial charge in [0, 0.05) is 22.5 Å². The van der Waals surface area contributed by atoms with Crippen molar-refractivity contribution >= 4 is 49.6 Å². The molecule has 28 heavy (non-hydrogen) atoms. The van der Waals surface area contributed by atoms with E-state index in [0.717, 1.165) is 17.4 Å². The van der Waals surface area contributed by atoms with Gasteiger partial charge >= 0.3 is 6.18 Å². The van der Waals surface area contributed by atoms with Gasteiger partial charge in [-0.25, -0.2) is 9.97 Å². The molecule has 142 valence electrons. The molecular weight excluding hydrogens is 409 g/mol. The first-order chi connectivity index (χ1) is 13.3. The molecule has 5 nitrogen and oxygen atoms in total. The number of thiophene rings is 1. The Morgan fingerprint density at radius 3 is 2.57 bits per heavy atom. The second-order valence-corrected chi connectivity index (χ2v) is 7.63. The van der Waals surface area contributed by atoms with E-state index in [-0.39, 0.29) is 26.5 Å². The number of nitrogens with one attached hydrogen (secondary N) is 1. The molecule has 3 N–H and O–H groups in total. The van der Waals surface area contributed by atoms with Gasteiger partial charge in [-0.1, -0.05) is 30.3 Å². The summed E-state index contributed by atoms with van der Waals surface area (Å²) in [6.07, 6.45) is -3.15. The summed E-state index contributed by atoms with van der Waals surface area (Å²) in [6.45, 7) is 0. The summed E-state index contributed by atoms with van der Waals surface area (Å²) in [5.74, 6) is -0.621. The van der Waals surface area contributed by atoms with Crippen LogP contribution in [0.1, 0.15) is 15.2 Å². The van der Waals surface area contributed by atoms with E-state index in [4.69, 9.17) is 5.73 Å². The number of pyridine rings is 1. The summed E-state index contributed by atoms with van der Waals surface area (Å²) in [5, 5.41) is 4.27. The van der Waals surface area contributed by atoms with Gasteiger partial charge in [-0.2, -0.15) is 13.2 Å². The fourth-order valence-electron chi connectivity index (χ4n) is 2.71. The molecular formula is C18H11F3N4OS2. The Balaban J connectivity index is 1.89. The topological polar surface area (TPSA) is 80.9 Å². The van der Waals surface area contributed by atoms with Crippen LogP contribution in [0.4, 0.5) is 24.0 Å². The first kappa shape index (κ1) is 18.4. The van der Waals surface area contributed by atoms with Gasteiger partial charge in [0.2, 0.25) is 0 Å². The zero-order chi connectivity index (χ0) is 19.9. The lowest BCUT2D eigenvalue weighted by molar-refractivity contribution is -0.136. The van der Waals surface area contributed by atoms with Crippen LogP contribution < -0.4 is 11.1 Å². The maximum atomic E-state index is 13.7. The highest BCUT2D eigenvalue weighted by atomic mass is 32.1. The molecule has 0 spiro atoms. The fourth-order valence-corrected chi connectivity index (χ4v) is 4.25. The molecule has 0 radical (unpaired) electrons. The number of benzene rings is 1. The van der Waals surface area contributed by atoms with Crippen molar-refractivity contribution in [2.45, 2.75) is 6.18 Å². The standard InChI is InChI=1S/C18H11F3N4OS2/c19-18(20,21)10-8-11(9-4-2-1-3-5-9)24-16-12(10)13(22)14(28-16)15(26)25-17-23-6-7-27-17/h1-8H,22H2,(H,23,25,26). The summed E-state index contributed by atoms with van der Waals surface area (Å²) < 4.78 is 41.2. The van der Waals surface area contributed by atoms with Crippen molar-refractivity contribution < 1.29 is 18.0 Å². The van der Waals surface area contributed by atoms with Crippen LogP contribution in [0.25, 0.3) is 21.5 Å². The zero-order valence-electron chi connectivity index (χ0n) is 13.9. The van der Waals surface area contributed by atoms with E-state index in [1.54, 1.807) is 35.7 Å². The van der Waals surface area contributed by atoms with Crippen molar-refractivity contribution in [2.75, 3.05) is 11.1 Å². The number of amides is 1. The predicted octanol–water partition coefficient (Wildman–Crippen LogP) is 5.27. The number of carbonyl (C=O) groups is 1. The number of halogens is 3. The second-order valence-electron chi connectivity index (χ2n) is 5.74. The predicted molar refractivity (Wildman–Crippen MR) is 105 cm³/mol. The quantitative estimate of drug-likeness (QED) is 0.473. The van der Waals surface area contributed by atoms with Crippen molar-refractivity contribution in [1.29, 1.82) is 0 Å². The highest BCUT2D eigenvalue weighted by Gasteiger charge is 2.36. The highest BCUT2D eigenvalue weighted by molar-refractivity contribution is 7.21. The van der Waals surface area contributed by atoms with Crippen LogP contribution in [-0.4, -0.2) is 15.9 Å². The number of alkyl halides is 3. The SMILES string of the molecule is Nc1c(C(=O)Nc2nccs2)sc2nc(-c3ccccc3)cc(C(F)(F)F)c12. The van der Waals surface area contributed by atoms with E-state index >= 15 is 0 Å². The lowest BCUT2D eigenvalue weighted by Gasteiger charge is -2.11. The van der Waals surface area contributed by atoms with E-state index in [0.29, 0.717) is 10.7 Å². The van der Waals surface area contributed by atoms with Crippen LogP contribution in [0.3, 0.4) is 0 Å². The summed E-state index contributed by atoms with van der Waals surface area (Å²) in [4.78, 5) is 20.8. The lowest BCUT2D eigenvalue weighted by Crippen LogP contribution is -2.12. The molecule has 0 aliphatic carbocycles. The molecule has 4 aromatic rings. The molecule has 0 fully saturated rings. The Labute approximate surface area is 164 Å². The minimum Gasteiger partial charge on any atom is -0.397 e. The minimum atomic E-state index is -4.65. The van der Waals surface area contributed by atoms with E-state index in [2.05, 4.69) is 15.3 Å². The molecule has 0 saturated heterocycles. The van der Waals surface area contributed by atoms with E-state index in [9.17, 15) is 18.0 Å². The molecule has 3 heterocycles. The summed E-state index contributed by atoms with van der Waals surface area (Å²) in [5.41, 5.74) is 5.49. The third-order valence-corrected chi connectivity index (χ3v) is 5.72. The number of hydrogen-bond acceptors (Lipinski definition) is 6. The molecule has 10 heteroatoms. The number of aromatic nitrogens is 2. The van der Waals surface area contributed by atoms with E-state index in [1.807, 2.05) is 0 Å². The fraction of sp³-hybridized carbons (Fsp3) is 0.0556. The average Bonchev–Trinajstić information content (AvgIpc) is 3.29. The number of anilines is 2. The molecule has 0 bridgehead atoms. The van der Waals surface area contributed by atoms with Crippen LogP contribution in [0.5, 0.6) is 0 Å². The van der Waals surface area contributed by atoms with Crippen LogP contribution in [0.2, 0.25) is 0 Å². The summed E-state index contributed by atoms with van der Waals surface area (Å²) >= 11 is 2.01. The maximum absolute atomic E-state index is 13.7. The monoisotopic (exact) mass is 420 g/mol. The van der Waals surface area contributed by atoms with Crippen LogP contribution in [-0.2, 0) is 6.18 Å². The number of nitrogens with zero attached hydrogens (tertiary/aromatic N) is 2. The Morgan fingerprint density at radius 1 is 1.18 bits per heavy atom. The molecule has 1 aromatic carbocycles. The summed E-state index contributed by atoms with van der Waals surface area (Å²) in [7, 11) is 0. The molecule has 4 rings (SSSR count).